The molecule has 1 unspecified atom stereocenters. The molecule has 1 atom stereocenters. The zero-order chi connectivity index (χ0) is 13.9. The summed E-state index contributed by atoms with van der Waals surface area (Å²) in [6.45, 7) is 4.45. The van der Waals surface area contributed by atoms with E-state index < -0.39 is 5.54 Å². The Labute approximate surface area is 118 Å². The number of ether oxygens (including phenoxy) is 1. The molecule has 19 heavy (non-hydrogen) atoms. The summed E-state index contributed by atoms with van der Waals surface area (Å²) >= 11 is 6.23. The highest BCUT2D eigenvalue weighted by atomic mass is 35.5. The number of pyridine rings is 1. The molecule has 2 N–H and O–H groups in total. The number of nitrogens with zero attached hydrogens (tertiary/aromatic N) is 1. The van der Waals surface area contributed by atoms with Crippen LogP contribution in [-0.2, 0) is 5.54 Å². The Balaban J connectivity index is 2.44. The first-order valence-electron chi connectivity index (χ1n) is 6.18. The van der Waals surface area contributed by atoms with Crippen LogP contribution < -0.4 is 10.5 Å². The van der Waals surface area contributed by atoms with E-state index >= 15 is 0 Å². The lowest BCUT2D eigenvalue weighted by atomic mass is 9.86. The van der Waals surface area contributed by atoms with Crippen molar-refractivity contribution in [1.82, 2.24) is 4.98 Å². The van der Waals surface area contributed by atoms with Crippen molar-refractivity contribution < 1.29 is 4.74 Å². The van der Waals surface area contributed by atoms with Crippen LogP contribution in [-0.4, -0.2) is 11.6 Å². The van der Waals surface area contributed by atoms with Gasteiger partial charge in [-0.2, -0.15) is 0 Å². The Hall–Kier alpha value is -1.58. The molecule has 0 bridgehead atoms. The van der Waals surface area contributed by atoms with E-state index in [1.807, 2.05) is 44.2 Å². The van der Waals surface area contributed by atoms with Crippen LogP contribution in [0.5, 0.6) is 5.75 Å². The Morgan fingerprint density at radius 2 is 2.05 bits per heavy atom. The summed E-state index contributed by atoms with van der Waals surface area (Å²) in [4.78, 5) is 4.18. The second kappa shape index (κ2) is 5.59. The number of nitrogens with two attached hydrogens (primary N) is 1. The number of halogens is 1. The maximum absolute atomic E-state index is 6.45. The van der Waals surface area contributed by atoms with Crippen LogP contribution in [0, 0.1) is 0 Å². The predicted molar refractivity (Wildman–Crippen MR) is 77.5 cm³/mol. The number of aromatic nitrogens is 1. The highest BCUT2D eigenvalue weighted by Gasteiger charge is 2.26. The lowest BCUT2D eigenvalue weighted by Gasteiger charge is -2.26. The monoisotopic (exact) mass is 276 g/mol. The Morgan fingerprint density at radius 1 is 1.32 bits per heavy atom. The SMILES string of the molecule is CCOc1cncc(C(C)(N)c2ccccc2Cl)c1. The summed E-state index contributed by atoms with van der Waals surface area (Å²) in [5.74, 6) is 0.712. The van der Waals surface area contributed by atoms with E-state index in [4.69, 9.17) is 22.1 Å². The van der Waals surface area contributed by atoms with Crippen molar-refractivity contribution in [3.05, 3.63) is 58.9 Å². The molecule has 2 aromatic rings. The Bertz CT molecular complexity index is 570. The fraction of sp³-hybridized carbons (Fsp3) is 0.267. The van der Waals surface area contributed by atoms with Gasteiger partial charge in [0, 0.05) is 11.2 Å². The zero-order valence-corrected chi connectivity index (χ0v) is 11.8. The fourth-order valence-electron chi connectivity index (χ4n) is 1.99. The first-order chi connectivity index (χ1) is 9.05. The van der Waals surface area contributed by atoms with Crippen molar-refractivity contribution in [1.29, 1.82) is 0 Å². The Kier molecular flexibility index (Phi) is 4.08. The van der Waals surface area contributed by atoms with E-state index in [2.05, 4.69) is 4.98 Å². The summed E-state index contributed by atoms with van der Waals surface area (Å²) in [6.07, 6.45) is 3.42. The van der Waals surface area contributed by atoms with Gasteiger partial charge in [0.2, 0.25) is 0 Å². The van der Waals surface area contributed by atoms with E-state index in [0.29, 0.717) is 17.4 Å². The van der Waals surface area contributed by atoms with Gasteiger partial charge >= 0.3 is 0 Å². The average Bonchev–Trinajstić information content (AvgIpc) is 2.40. The lowest BCUT2D eigenvalue weighted by Crippen LogP contribution is -2.34. The van der Waals surface area contributed by atoms with Crippen LogP contribution in [0.4, 0.5) is 0 Å². The number of hydrogen-bond acceptors (Lipinski definition) is 3. The van der Waals surface area contributed by atoms with Crippen molar-refractivity contribution in [2.75, 3.05) is 6.61 Å². The van der Waals surface area contributed by atoms with Crippen LogP contribution in [0.25, 0.3) is 0 Å². The molecule has 4 heteroatoms. The molecule has 0 radical (unpaired) electrons. The molecule has 2 rings (SSSR count). The van der Waals surface area contributed by atoms with Gasteiger partial charge in [-0.3, -0.25) is 4.98 Å². The zero-order valence-electron chi connectivity index (χ0n) is 11.1. The number of benzene rings is 1. The van der Waals surface area contributed by atoms with Gasteiger partial charge in [-0.25, -0.2) is 0 Å². The largest absolute Gasteiger partial charge is 0.492 e. The van der Waals surface area contributed by atoms with E-state index in [1.165, 1.54) is 0 Å². The van der Waals surface area contributed by atoms with Crippen molar-refractivity contribution in [2.24, 2.45) is 5.73 Å². The van der Waals surface area contributed by atoms with E-state index in [0.717, 1.165) is 11.1 Å². The van der Waals surface area contributed by atoms with Crippen LogP contribution in [0.15, 0.2) is 42.7 Å². The topological polar surface area (TPSA) is 48.1 Å². The summed E-state index contributed by atoms with van der Waals surface area (Å²) in [5.41, 5.74) is 7.47. The molecule has 3 nitrogen and oxygen atoms in total. The Morgan fingerprint density at radius 3 is 2.74 bits per heavy atom. The van der Waals surface area contributed by atoms with Gasteiger partial charge in [0.05, 0.1) is 18.3 Å². The van der Waals surface area contributed by atoms with Gasteiger partial charge in [-0.15, -0.1) is 0 Å². The molecule has 100 valence electrons. The molecule has 0 aliphatic carbocycles. The smallest absolute Gasteiger partial charge is 0.137 e. The standard InChI is InChI=1S/C15H17ClN2O/c1-3-19-12-8-11(9-18-10-12)15(2,17)13-6-4-5-7-14(13)16/h4-10H,3,17H2,1-2H3. The third-order valence-corrected chi connectivity index (χ3v) is 3.39. The minimum atomic E-state index is -0.710. The molecule has 1 aromatic heterocycles. The molecule has 0 aliphatic rings. The highest BCUT2D eigenvalue weighted by molar-refractivity contribution is 6.31. The molecule has 1 heterocycles. The average molecular weight is 277 g/mol. The predicted octanol–water partition coefficient (Wildman–Crippen LogP) is 3.36. The van der Waals surface area contributed by atoms with Gasteiger partial charge in [0.15, 0.2) is 0 Å². The molecular weight excluding hydrogens is 260 g/mol. The van der Waals surface area contributed by atoms with Crippen LogP contribution in [0.2, 0.25) is 5.02 Å². The van der Waals surface area contributed by atoms with Gasteiger partial charge in [0.25, 0.3) is 0 Å². The molecule has 0 saturated carbocycles. The first kappa shape index (κ1) is 13.8. The molecule has 1 aromatic carbocycles. The van der Waals surface area contributed by atoms with Crippen molar-refractivity contribution in [2.45, 2.75) is 19.4 Å². The van der Waals surface area contributed by atoms with Gasteiger partial charge in [0.1, 0.15) is 5.75 Å². The molecule has 0 spiro atoms. The van der Waals surface area contributed by atoms with Crippen LogP contribution in [0.3, 0.4) is 0 Å². The fourth-order valence-corrected chi connectivity index (χ4v) is 2.32. The lowest BCUT2D eigenvalue weighted by molar-refractivity contribution is 0.337. The molecule has 0 amide bonds. The van der Waals surface area contributed by atoms with Crippen molar-refractivity contribution >= 4 is 11.6 Å². The maximum Gasteiger partial charge on any atom is 0.137 e. The third kappa shape index (κ3) is 2.88. The third-order valence-electron chi connectivity index (χ3n) is 3.06. The highest BCUT2D eigenvalue weighted by Crippen LogP contribution is 2.32. The quantitative estimate of drug-likeness (QED) is 0.931. The summed E-state index contributed by atoms with van der Waals surface area (Å²) in [7, 11) is 0. The van der Waals surface area contributed by atoms with Crippen LogP contribution in [0.1, 0.15) is 25.0 Å². The van der Waals surface area contributed by atoms with Gasteiger partial charge in [-0.1, -0.05) is 29.8 Å². The minimum absolute atomic E-state index is 0.596. The molecule has 0 aliphatic heterocycles. The van der Waals surface area contributed by atoms with E-state index in [9.17, 15) is 0 Å². The first-order valence-corrected chi connectivity index (χ1v) is 6.55. The number of hydrogen-bond donors (Lipinski definition) is 1. The molecule has 0 saturated heterocycles. The van der Waals surface area contributed by atoms with Gasteiger partial charge in [-0.05, 0) is 37.1 Å². The minimum Gasteiger partial charge on any atom is -0.492 e. The van der Waals surface area contributed by atoms with Crippen LogP contribution >= 0.6 is 11.6 Å². The normalized spacial score (nSPS) is 13.9. The summed E-state index contributed by atoms with van der Waals surface area (Å²) in [5, 5.41) is 0.648. The van der Waals surface area contributed by atoms with E-state index in [-0.39, 0.29) is 0 Å². The summed E-state index contributed by atoms with van der Waals surface area (Å²) in [6, 6.07) is 9.47. The second-order valence-corrected chi connectivity index (χ2v) is 4.93. The van der Waals surface area contributed by atoms with Gasteiger partial charge < -0.3 is 10.5 Å². The van der Waals surface area contributed by atoms with Crippen molar-refractivity contribution in [3.63, 3.8) is 0 Å². The summed E-state index contributed by atoms with van der Waals surface area (Å²) < 4.78 is 5.46. The van der Waals surface area contributed by atoms with Crippen molar-refractivity contribution in [3.8, 4) is 5.75 Å². The number of rotatable bonds is 4. The van der Waals surface area contributed by atoms with E-state index in [1.54, 1.807) is 12.4 Å². The molecule has 0 fully saturated rings. The second-order valence-electron chi connectivity index (χ2n) is 4.52. The maximum atomic E-state index is 6.45. The molecular formula is C15H17ClN2O.